The van der Waals surface area contributed by atoms with Gasteiger partial charge in [-0.05, 0) is 24.6 Å². The van der Waals surface area contributed by atoms with Crippen LogP contribution in [-0.2, 0) is 0 Å². The second kappa shape index (κ2) is 3.99. The topological polar surface area (TPSA) is 75.6 Å². The predicted octanol–water partition coefficient (Wildman–Crippen LogP) is 1.91. The van der Waals surface area contributed by atoms with Crippen LogP contribution in [0, 0.1) is 18.3 Å². The van der Waals surface area contributed by atoms with E-state index in [0.717, 1.165) is 11.1 Å². The molecular formula is C12H10N4. The maximum absolute atomic E-state index is 8.79. The highest BCUT2D eigenvalue weighted by Crippen LogP contribution is 2.25. The number of aromatic nitrogens is 2. The minimum atomic E-state index is 0.500. The average molecular weight is 210 g/mol. The number of nitriles is 1. The van der Waals surface area contributed by atoms with E-state index in [1.807, 2.05) is 19.1 Å². The highest BCUT2D eigenvalue weighted by molar-refractivity contribution is 5.74. The third-order valence-corrected chi connectivity index (χ3v) is 2.35. The van der Waals surface area contributed by atoms with Crippen LogP contribution in [0.5, 0.6) is 0 Å². The third-order valence-electron chi connectivity index (χ3n) is 2.35. The molecule has 0 aliphatic rings. The maximum atomic E-state index is 8.79. The number of hydrogen-bond donors (Lipinski definition) is 1. The van der Waals surface area contributed by atoms with Gasteiger partial charge in [0, 0.05) is 24.2 Å². The molecule has 0 saturated heterocycles. The van der Waals surface area contributed by atoms with Crippen LogP contribution in [0.2, 0.25) is 0 Å². The fraction of sp³-hybridized carbons (Fsp3) is 0.0833. The highest BCUT2D eigenvalue weighted by atomic mass is 14.7. The molecule has 2 aromatic rings. The van der Waals surface area contributed by atoms with Crippen molar-refractivity contribution in [1.82, 2.24) is 9.97 Å². The standard InChI is InChI=1S/C12H10N4/c1-8-2-3-16-12(11(8)14)10-4-9(5-13)6-15-7-10/h2-4,6-7H,14H2,1H3. The summed E-state index contributed by atoms with van der Waals surface area (Å²) in [5.41, 5.74) is 9.46. The van der Waals surface area contributed by atoms with E-state index in [-0.39, 0.29) is 0 Å². The van der Waals surface area contributed by atoms with E-state index in [2.05, 4.69) is 9.97 Å². The number of hydrogen-bond acceptors (Lipinski definition) is 4. The molecule has 2 N–H and O–H groups in total. The van der Waals surface area contributed by atoms with Gasteiger partial charge in [-0.2, -0.15) is 5.26 Å². The number of nitrogens with two attached hydrogens (primary N) is 1. The molecule has 0 spiro atoms. The molecule has 2 aromatic heterocycles. The number of anilines is 1. The molecule has 0 fully saturated rings. The minimum Gasteiger partial charge on any atom is -0.397 e. The van der Waals surface area contributed by atoms with Gasteiger partial charge in [0.15, 0.2) is 0 Å². The normalized spacial score (nSPS) is 9.75. The van der Waals surface area contributed by atoms with Gasteiger partial charge in [-0.1, -0.05) is 0 Å². The smallest absolute Gasteiger partial charge is 0.101 e. The Kier molecular flexibility index (Phi) is 2.52. The summed E-state index contributed by atoms with van der Waals surface area (Å²) < 4.78 is 0. The molecular weight excluding hydrogens is 200 g/mol. The lowest BCUT2D eigenvalue weighted by Crippen LogP contribution is -1.96. The van der Waals surface area contributed by atoms with Gasteiger partial charge >= 0.3 is 0 Å². The molecule has 2 rings (SSSR count). The molecule has 0 unspecified atom stereocenters. The van der Waals surface area contributed by atoms with Crippen molar-refractivity contribution in [2.24, 2.45) is 0 Å². The average Bonchev–Trinajstić information content (AvgIpc) is 2.33. The summed E-state index contributed by atoms with van der Waals surface area (Å²) in [5, 5.41) is 8.79. The second-order valence-corrected chi connectivity index (χ2v) is 3.46. The van der Waals surface area contributed by atoms with Crippen LogP contribution in [0.25, 0.3) is 11.3 Å². The quantitative estimate of drug-likeness (QED) is 0.780. The molecule has 0 amide bonds. The SMILES string of the molecule is Cc1ccnc(-c2cncc(C#N)c2)c1N. The Balaban J connectivity index is 2.59. The van der Waals surface area contributed by atoms with Gasteiger partial charge in [-0.3, -0.25) is 9.97 Å². The molecule has 4 nitrogen and oxygen atoms in total. The van der Waals surface area contributed by atoms with Crippen LogP contribution in [0.1, 0.15) is 11.1 Å². The first-order chi connectivity index (χ1) is 7.72. The molecule has 0 saturated carbocycles. The fourth-order valence-corrected chi connectivity index (χ4v) is 1.43. The lowest BCUT2D eigenvalue weighted by Gasteiger charge is -2.06. The van der Waals surface area contributed by atoms with Gasteiger partial charge in [0.25, 0.3) is 0 Å². The number of pyridine rings is 2. The maximum Gasteiger partial charge on any atom is 0.101 e. The van der Waals surface area contributed by atoms with Crippen LogP contribution in [0.15, 0.2) is 30.7 Å². The van der Waals surface area contributed by atoms with E-state index in [1.165, 1.54) is 6.20 Å². The third kappa shape index (κ3) is 1.71. The van der Waals surface area contributed by atoms with Crippen molar-refractivity contribution in [2.75, 3.05) is 5.73 Å². The van der Waals surface area contributed by atoms with Crippen LogP contribution in [0.3, 0.4) is 0 Å². The number of nitrogen functional groups attached to an aromatic ring is 1. The summed E-state index contributed by atoms with van der Waals surface area (Å²) in [4.78, 5) is 8.19. The van der Waals surface area contributed by atoms with Gasteiger partial charge in [0.05, 0.1) is 16.9 Å². The molecule has 78 valence electrons. The summed E-state index contributed by atoms with van der Waals surface area (Å²) in [6, 6.07) is 5.62. The zero-order valence-corrected chi connectivity index (χ0v) is 8.81. The molecule has 0 aromatic carbocycles. The molecule has 0 atom stereocenters. The number of rotatable bonds is 1. The van der Waals surface area contributed by atoms with Crippen molar-refractivity contribution < 1.29 is 0 Å². The van der Waals surface area contributed by atoms with E-state index in [0.29, 0.717) is 16.9 Å². The molecule has 16 heavy (non-hydrogen) atoms. The molecule has 0 radical (unpaired) electrons. The largest absolute Gasteiger partial charge is 0.397 e. The Morgan fingerprint density at radius 2 is 2.19 bits per heavy atom. The Hall–Kier alpha value is -2.41. The lowest BCUT2D eigenvalue weighted by atomic mass is 10.1. The Labute approximate surface area is 93.4 Å². The van der Waals surface area contributed by atoms with Crippen molar-refractivity contribution in [3.05, 3.63) is 41.9 Å². The van der Waals surface area contributed by atoms with Crippen LogP contribution in [-0.4, -0.2) is 9.97 Å². The van der Waals surface area contributed by atoms with Gasteiger partial charge in [-0.25, -0.2) is 0 Å². The minimum absolute atomic E-state index is 0.500. The van der Waals surface area contributed by atoms with Gasteiger partial charge in [-0.15, -0.1) is 0 Å². The molecule has 4 heteroatoms. The second-order valence-electron chi connectivity index (χ2n) is 3.46. The van der Waals surface area contributed by atoms with Crippen LogP contribution < -0.4 is 5.73 Å². The number of nitrogens with zero attached hydrogens (tertiary/aromatic N) is 3. The van der Waals surface area contributed by atoms with E-state index in [1.54, 1.807) is 18.5 Å². The molecule has 0 bridgehead atoms. The predicted molar refractivity (Wildman–Crippen MR) is 61.3 cm³/mol. The van der Waals surface area contributed by atoms with Crippen molar-refractivity contribution in [3.8, 4) is 17.3 Å². The summed E-state index contributed by atoms with van der Waals surface area (Å²) in [7, 11) is 0. The van der Waals surface area contributed by atoms with Crippen molar-refractivity contribution >= 4 is 5.69 Å². The van der Waals surface area contributed by atoms with E-state index in [4.69, 9.17) is 11.0 Å². The first kappa shape index (κ1) is 10.1. The van der Waals surface area contributed by atoms with Crippen LogP contribution in [0.4, 0.5) is 5.69 Å². The first-order valence-electron chi connectivity index (χ1n) is 4.79. The van der Waals surface area contributed by atoms with Crippen LogP contribution >= 0.6 is 0 Å². The van der Waals surface area contributed by atoms with E-state index < -0.39 is 0 Å². The zero-order valence-electron chi connectivity index (χ0n) is 8.81. The van der Waals surface area contributed by atoms with Crippen molar-refractivity contribution in [1.29, 1.82) is 5.26 Å². The van der Waals surface area contributed by atoms with E-state index in [9.17, 15) is 0 Å². The summed E-state index contributed by atoms with van der Waals surface area (Å²) >= 11 is 0. The van der Waals surface area contributed by atoms with Crippen molar-refractivity contribution in [3.63, 3.8) is 0 Å². The Morgan fingerprint density at radius 3 is 2.94 bits per heavy atom. The highest BCUT2D eigenvalue weighted by Gasteiger charge is 2.07. The molecule has 2 heterocycles. The molecule has 0 aliphatic carbocycles. The van der Waals surface area contributed by atoms with E-state index >= 15 is 0 Å². The Bertz CT molecular complexity index is 569. The Morgan fingerprint density at radius 1 is 1.38 bits per heavy atom. The van der Waals surface area contributed by atoms with Gasteiger partial charge in [0.2, 0.25) is 0 Å². The van der Waals surface area contributed by atoms with Gasteiger partial charge < -0.3 is 5.73 Å². The fourth-order valence-electron chi connectivity index (χ4n) is 1.43. The lowest BCUT2D eigenvalue weighted by molar-refractivity contribution is 1.25. The number of aryl methyl sites for hydroxylation is 1. The van der Waals surface area contributed by atoms with Crippen molar-refractivity contribution in [2.45, 2.75) is 6.92 Å². The summed E-state index contributed by atoms with van der Waals surface area (Å²) in [6.07, 6.45) is 4.86. The summed E-state index contributed by atoms with van der Waals surface area (Å²) in [6.45, 7) is 1.92. The zero-order chi connectivity index (χ0) is 11.5. The monoisotopic (exact) mass is 210 g/mol. The molecule has 0 aliphatic heterocycles. The first-order valence-corrected chi connectivity index (χ1v) is 4.79. The van der Waals surface area contributed by atoms with Gasteiger partial charge in [0.1, 0.15) is 6.07 Å². The summed E-state index contributed by atoms with van der Waals surface area (Å²) in [5.74, 6) is 0.